The zero-order chi connectivity index (χ0) is 18.8. The van der Waals surface area contributed by atoms with Crippen LogP contribution in [0.5, 0.6) is 5.88 Å². The highest BCUT2D eigenvalue weighted by molar-refractivity contribution is 14.0. The summed E-state index contributed by atoms with van der Waals surface area (Å²) in [4.78, 5) is 7.97. The van der Waals surface area contributed by atoms with Gasteiger partial charge in [0, 0.05) is 31.9 Å². The molecule has 0 aliphatic rings. The molecule has 0 fully saturated rings. The van der Waals surface area contributed by atoms with Crippen molar-refractivity contribution in [1.82, 2.24) is 15.6 Å². The Kier molecular flexibility index (Phi) is 9.90. The molecule has 0 saturated heterocycles. The number of aromatic nitrogens is 1. The quantitative estimate of drug-likeness (QED) is 0.352. The average Bonchev–Trinajstić information content (AvgIpc) is 2.63. The number of hydrogen-bond acceptors (Lipinski definition) is 3. The van der Waals surface area contributed by atoms with E-state index >= 15 is 0 Å². The first kappa shape index (κ1) is 23.0. The zero-order valence-corrected chi connectivity index (χ0v) is 17.1. The van der Waals surface area contributed by atoms with Crippen LogP contribution in [-0.4, -0.2) is 37.3 Å². The molecule has 0 radical (unpaired) electrons. The molecule has 0 atom stereocenters. The van der Waals surface area contributed by atoms with E-state index in [4.69, 9.17) is 4.74 Å². The molecule has 1 heterocycles. The summed E-state index contributed by atoms with van der Waals surface area (Å²) in [5.41, 5.74) is 1.72. The van der Waals surface area contributed by atoms with E-state index in [2.05, 4.69) is 20.6 Å². The highest BCUT2D eigenvalue weighted by Gasteiger charge is 2.29. The zero-order valence-electron chi connectivity index (χ0n) is 14.8. The minimum absolute atomic E-state index is 0. The molecule has 27 heavy (non-hydrogen) atoms. The first-order valence-corrected chi connectivity index (χ1v) is 8.10. The third kappa shape index (κ3) is 8.94. The van der Waals surface area contributed by atoms with Crippen LogP contribution in [0.2, 0.25) is 0 Å². The number of rotatable bonds is 7. The van der Waals surface area contributed by atoms with Gasteiger partial charge in [-0.25, -0.2) is 4.98 Å². The number of ether oxygens (including phenoxy) is 1. The molecule has 1 aromatic carbocycles. The van der Waals surface area contributed by atoms with Crippen molar-refractivity contribution < 1.29 is 17.9 Å². The Morgan fingerprint density at radius 1 is 1.11 bits per heavy atom. The van der Waals surface area contributed by atoms with Crippen LogP contribution >= 0.6 is 24.0 Å². The van der Waals surface area contributed by atoms with E-state index in [9.17, 15) is 13.2 Å². The molecule has 0 unspecified atom stereocenters. The number of aliphatic imine (C=N–C) groups is 1. The Morgan fingerprint density at radius 3 is 2.52 bits per heavy atom. The van der Waals surface area contributed by atoms with Gasteiger partial charge in [0.25, 0.3) is 0 Å². The number of hydrogen-bond donors (Lipinski definition) is 2. The summed E-state index contributed by atoms with van der Waals surface area (Å²) in [6.45, 7) is -0.457. The Bertz CT molecular complexity index is 711. The molecule has 0 aliphatic carbocycles. The summed E-state index contributed by atoms with van der Waals surface area (Å²) in [5, 5.41) is 6.21. The van der Waals surface area contributed by atoms with E-state index in [1.807, 2.05) is 30.3 Å². The maximum Gasteiger partial charge on any atom is 0.422 e. The lowest BCUT2D eigenvalue weighted by Crippen LogP contribution is -2.38. The third-order valence-electron chi connectivity index (χ3n) is 3.44. The Morgan fingerprint density at radius 2 is 1.85 bits per heavy atom. The number of alkyl halides is 3. The van der Waals surface area contributed by atoms with Crippen molar-refractivity contribution in [3.05, 3.63) is 59.8 Å². The molecule has 2 aromatic rings. The number of guanidine groups is 1. The topological polar surface area (TPSA) is 58.5 Å². The summed E-state index contributed by atoms with van der Waals surface area (Å²) in [7, 11) is 1.63. The van der Waals surface area contributed by atoms with Gasteiger partial charge in [0.1, 0.15) is 0 Å². The minimum atomic E-state index is -4.41. The summed E-state index contributed by atoms with van der Waals surface area (Å²) >= 11 is 0. The van der Waals surface area contributed by atoms with Crippen molar-refractivity contribution in [1.29, 1.82) is 0 Å². The fourth-order valence-electron chi connectivity index (χ4n) is 2.21. The van der Waals surface area contributed by atoms with Crippen molar-refractivity contribution in [2.45, 2.75) is 19.1 Å². The number of benzene rings is 1. The second-order valence-electron chi connectivity index (χ2n) is 5.46. The van der Waals surface area contributed by atoms with Crippen molar-refractivity contribution in [3.63, 3.8) is 0 Å². The first-order chi connectivity index (χ1) is 12.5. The van der Waals surface area contributed by atoms with Crippen LogP contribution in [0.1, 0.15) is 11.1 Å². The van der Waals surface area contributed by atoms with Gasteiger partial charge < -0.3 is 15.4 Å². The van der Waals surface area contributed by atoms with Crippen LogP contribution < -0.4 is 15.4 Å². The second kappa shape index (κ2) is 11.6. The van der Waals surface area contributed by atoms with E-state index in [0.29, 0.717) is 18.1 Å². The largest absolute Gasteiger partial charge is 0.468 e. The lowest BCUT2D eigenvalue weighted by molar-refractivity contribution is -0.154. The number of nitrogens with zero attached hydrogens (tertiary/aromatic N) is 2. The fraction of sp³-hybridized carbons (Fsp3) is 0.333. The van der Waals surface area contributed by atoms with E-state index < -0.39 is 12.8 Å². The second-order valence-corrected chi connectivity index (χ2v) is 5.46. The van der Waals surface area contributed by atoms with E-state index in [1.165, 1.54) is 11.8 Å². The molecule has 2 N–H and O–H groups in total. The van der Waals surface area contributed by atoms with Crippen molar-refractivity contribution in [3.8, 4) is 5.88 Å². The van der Waals surface area contributed by atoms with Gasteiger partial charge in [0.15, 0.2) is 12.6 Å². The van der Waals surface area contributed by atoms with Gasteiger partial charge >= 0.3 is 6.18 Å². The van der Waals surface area contributed by atoms with Gasteiger partial charge in [-0.15, -0.1) is 24.0 Å². The van der Waals surface area contributed by atoms with Crippen molar-refractivity contribution in [2.75, 3.05) is 20.2 Å². The maximum absolute atomic E-state index is 12.3. The first-order valence-electron chi connectivity index (χ1n) is 8.10. The molecular weight excluding hydrogens is 472 g/mol. The molecule has 0 bridgehead atoms. The lowest BCUT2D eigenvalue weighted by atomic mass is 10.1. The van der Waals surface area contributed by atoms with Gasteiger partial charge in [0.2, 0.25) is 5.88 Å². The predicted molar refractivity (Wildman–Crippen MR) is 110 cm³/mol. The molecule has 9 heteroatoms. The van der Waals surface area contributed by atoms with Crippen LogP contribution in [0.3, 0.4) is 0 Å². The standard InChI is InChI=1S/C18H21F3N4O.HI/c1-22-17(24-11-9-14-6-3-2-4-7-14)25-12-15-8-5-10-23-16(15)26-13-18(19,20)21;/h2-8,10H,9,11-13H2,1H3,(H2,22,24,25);1H. The summed E-state index contributed by atoms with van der Waals surface area (Å²) in [5.74, 6) is 0.503. The van der Waals surface area contributed by atoms with Crippen LogP contribution in [0.25, 0.3) is 0 Å². The fourth-order valence-corrected chi connectivity index (χ4v) is 2.21. The van der Waals surface area contributed by atoms with E-state index in [0.717, 1.165) is 6.42 Å². The Balaban J connectivity index is 0.00000364. The molecule has 0 saturated carbocycles. The van der Waals surface area contributed by atoms with Gasteiger partial charge in [-0.2, -0.15) is 13.2 Å². The highest BCUT2D eigenvalue weighted by Crippen LogP contribution is 2.19. The van der Waals surface area contributed by atoms with Crippen LogP contribution in [-0.2, 0) is 13.0 Å². The molecule has 0 spiro atoms. The van der Waals surface area contributed by atoms with Gasteiger partial charge in [-0.05, 0) is 18.1 Å². The van der Waals surface area contributed by atoms with Gasteiger partial charge in [0.05, 0.1) is 0 Å². The van der Waals surface area contributed by atoms with E-state index in [1.54, 1.807) is 19.2 Å². The van der Waals surface area contributed by atoms with Crippen LogP contribution in [0.15, 0.2) is 53.7 Å². The molecule has 148 valence electrons. The van der Waals surface area contributed by atoms with Crippen molar-refractivity contribution >= 4 is 29.9 Å². The summed E-state index contributed by atoms with van der Waals surface area (Å²) in [6, 6.07) is 13.3. The number of nitrogens with one attached hydrogen (secondary N) is 2. The molecule has 2 rings (SSSR count). The van der Waals surface area contributed by atoms with Crippen LogP contribution in [0.4, 0.5) is 13.2 Å². The normalized spacial score (nSPS) is 11.5. The average molecular weight is 494 g/mol. The molecule has 1 aromatic heterocycles. The Hall–Kier alpha value is -2.04. The van der Waals surface area contributed by atoms with Gasteiger partial charge in [-0.3, -0.25) is 4.99 Å². The van der Waals surface area contributed by atoms with Gasteiger partial charge in [-0.1, -0.05) is 36.4 Å². The third-order valence-corrected chi connectivity index (χ3v) is 3.44. The maximum atomic E-state index is 12.3. The molecule has 0 aliphatic heterocycles. The summed E-state index contributed by atoms with van der Waals surface area (Å²) < 4.78 is 41.7. The van der Waals surface area contributed by atoms with E-state index in [-0.39, 0.29) is 36.4 Å². The smallest absolute Gasteiger partial charge is 0.422 e. The lowest BCUT2D eigenvalue weighted by Gasteiger charge is -2.14. The van der Waals surface area contributed by atoms with Crippen molar-refractivity contribution in [2.24, 2.45) is 4.99 Å². The monoisotopic (exact) mass is 494 g/mol. The summed E-state index contributed by atoms with van der Waals surface area (Å²) in [6.07, 6.45) is -2.19. The van der Waals surface area contributed by atoms with Crippen LogP contribution in [0, 0.1) is 0 Å². The SMILES string of the molecule is CN=C(NCCc1ccccc1)NCc1cccnc1OCC(F)(F)F.I. The molecule has 0 amide bonds. The molecular formula is C18H22F3IN4O. The highest BCUT2D eigenvalue weighted by atomic mass is 127. The minimum Gasteiger partial charge on any atom is -0.468 e. The Labute approximate surface area is 173 Å². The number of halogens is 4. The number of pyridine rings is 1. The molecule has 5 nitrogen and oxygen atoms in total. The predicted octanol–water partition coefficient (Wildman–Crippen LogP) is 3.55.